The molecule has 6 atom stereocenters. The van der Waals surface area contributed by atoms with Gasteiger partial charge in [0, 0.05) is 5.92 Å². The molecule has 5 unspecified atom stereocenters. The molecule has 0 aliphatic heterocycles. The molecule has 2 bridgehead atoms. The Morgan fingerprint density at radius 3 is 2.48 bits per heavy atom. The molecule has 3 aliphatic rings. The Balaban J connectivity index is 1.72. The molecule has 0 aromatic rings. The molecule has 3 saturated carbocycles. The highest BCUT2D eigenvalue weighted by Gasteiger charge is 2.61. The third kappa shape index (κ3) is 3.07. The summed E-state index contributed by atoms with van der Waals surface area (Å²) < 4.78 is 6.29. The predicted molar refractivity (Wildman–Crippen MR) is 93.9 cm³/mol. The summed E-state index contributed by atoms with van der Waals surface area (Å²) in [5.41, 5.74) is -0.209. The van der Waals surface area contributed by atoms with Crippen molar-refractivity contribution >= 4 is 5.97 Å². The summed E-state index contributed by atoms with van der Waals surface area (Å²) >= 11 is 0. The molecule has 0 aromatic heterocycles. The Labute approximate surface area is 142 Å². The Bertz CT molecular complexity index is 461. The lowest BCUT2D eigenvalue weighted by Crippen LogP contribution is -2.45. The standard InChI is InChI=1S/C21H36O2/c1-13(2)10-18(20(3,4)5)19(22)23-21(6)12-14-11-17(21)16-9-7-8-15(14)16/h13-18H,7-12H2,1-6H3/t14?,15?,16?,17?,18-,21?/m1/s1. The van der Waals surface area contributed by atoms with Gasteiger partial charge in [-0.2, -0.15) is 0 Å². The number of carbonyl (C=O) groups excluding carboxylic acids is 1. The number of carbonyl (C=O) groups is 1. The van der Waals surface area contributed by atoms with Crippen LogP contribution in [0.3, 0.4) is 0 Å². The third-order valence-corrected chi connectivity index (χ3v) is 7.13. The fraction of sp³-hybridized carbons (Fsp3) is 0.952. The van der Waals surface area contributed by atoms with E-state index in [0.29, 0.717) is 11.8 Å². The Morgan fingerprint density at radius 1 is 1.22 bits per heavy atom. The van der Waals surface area contributed by atoms with E-state index in [-0.39, 0.29) is 22.9 Å². The number of esters is 1. The minimum Gasteiger partial charge on any atom is -0.459 e. The number of hydrogen-bond acceptors (Lipinski definition) is 2. The van der Waals surface area contributed by atoms with E-state index in [2.05, 4.69) is 41.5 Å². The molecular weight excluding hydrogens is 284 g/mol. The second-order valence-electron chi connectivity index (χ2n) is 10.3. The largest absolute Gasteiger partial charge is 0.459 e. The molecule has 3 aliphatic carbocycles. The maximum atomic E-state index is 13.0. The molecule has 132 valence electrons. The van der Waals surface area contributed by atoms with Gasteiger partial charge in [-0.25, -0.2) is 0 Å². The van der Waals surface area contributed by atoms with Crippen LogP contribution in [0.1, 0.15) is 80.1 Å². The van der Waals surface area contributed by atoms with Crippen molar-refractivity contribution in [1.82, 2.24) is 0 Å². The number of hydrogen-bond donors (Lipinski definition) is 0. The van der Waals surface area contributed by atoms with Crippen molar-refractivity contribution in [3.63, 3.8) is 0 Å². The number of fused-ring (bicyclic) bond motifs is 5. The van der Waals surface area contributed by atoms with Gasteiger partial charge in [-0.15, -0.1) is 0 Å². The molecule has 2 heteroatoms. The van der Waals surface area contributed by atoms with Gasteiger partial charge in [-0.05, 0) is 68.1 Å². The van der Waals surface area contributed by atoms with E-state index < -0.39 is 0 Å². The van der Waals surface area contributed by atoms with Crippen molar-refractivity contribution in [2.24, 2.45) is 40.9 Å². The van der Waals surface area contributed by atoms with Gasteiger partial charge < -0.3 is 4.74 Å². The number of ether oxygens (including phenoxy) is 1. The first-order valence-corrected chi connectivity index (χ1v) is 9.84. The van der Waals surface area contributed by atoms with Crippen LogP contribution in [0.15, 0.2) is 0 Å². The van der Waals surface area contributed by atoms with Gasteiger partial charge in [0.05, 0.1) is 5.92 Å². The second-order valence-corrected chi connectivity index (χ2v) is 10.3. The first kappa shape index (κ1) is 17.3. The van der Waals surface area contributed by atoms with Crippen molar-refractivity contribution in [2.45, 2.75) is 85.7 Å². The second kappa shape index (κ2) is 5.77. The zero-order valence-electron chi connectivity index (χ0n) is 16.0. The van der Waals surface area contributed by atoms with Crippen molar-refractivity contribution in [3.8, 4) is 0 Å². The van der Waals surface area contributed by atoms with E-state index in [4.69, 9.17) is 4.74 Å². The van der Waals surface area contributed by atoms with E-state index in [1.54, 1.807) is 0 Å². The molecule has 23 heavy (non-hydrogen) atoms. The van der Waals surface area contributed by atoms with Crippen LogP contribution in [0.25, 0.3) is 0 Å². The van der Waals surface area contributed by atoms with Gasteiger partial charge in [0.1, 0.15) is 5.60 Å². The molecule has 3 fully saturated rings. The zero-order chi connectivity index (χ0) is 17.0. The topological polar surface area (TPSA) is 26.3 Å². The van der Waals surface area contributed by atoms with E-state index in [9.17, 15) is 4.79 Å². The van der Waals surface area contributed by atoms with Crippen LogP contribution in [-0.4, -0.2) is 11.6 Å². The smallest absolute Gasteiger partial charge is 0.310 e. The van der Waals surface area contributed by atoms with E-state index >= 15 is 0 Å². The van der Waals surface area contributed by atoms with Crippen LogP contribution >= 0.6 is 0 Å². The van der Waals surface area contributed by atoms with Crippen molar-refractivity contribution in [1.29, 1.82) is 0 Å². The summed E-state index contributed by atoms with van der Waals surface area (Å²) in [6, 6.07) is 0. The summed E-state index contributed by atoms with van der Waals surface area (Å²) in [7, 11) is 0. The summed E-state index contributed by atoms with van der Waals surface area (Å²) in [4.78, 5) is 13.0. The minimum absolute atomic E-state index is 0.0119. The Kier molecular flexibility index (Phi) is 4.34. The van der Waals surface area contributed by atoms with Gasteiger partial charge in [0.25, 0.3) is 0 Å². The van der Waals surface area contributed by atoms with Crippen LogP contribution in [0.5, 0.6) is 0 Å². The van der Waals surface area contributed by atoms with Gasteiger partial charge in [0.2, 0.25) is 0 Å². The first-order valence-electron chi connectivity index (χ1n) is 9.84. The van der Waals surface area contributed by atoms with Crippen LogP contribution in [0.2, 0.25) is 0 Å². The highest BCUT2D eigenvalue weighted by atomic mass is 16.6. The summed E-state index contributed by atoms with van der Waals surface area (Å²) in [6.45, 7) is 13.2. The average Bonchev–Trinajstić information content (AvgIpc) is 3.04. The minimum atomic E-state index is -0.187. The third-order valence-electron chi connectivity index (χ3n) is 7.13. The Morgan fingerprint density at radius 2 is 1.87 bits per heavy atom. The fourth-order valence-electron chi connectivity index (χ4n) is 6.08. The molecule has 0 spiro atoms. The monoisotopic (exact) mass is 320 g/mol. The zero-order valence-corrected chi connectivity index (χ0v) is 16.0. The molecule has 0 N–H and O–H groups in total. The van der Waals surface area contributed by atoms with Gasteiger partial charge in [0.15, 0.2) is 0 Å². The normalized spacial score (nSPS) is 40.5. The maximum Gasteiger partial charge on any atom is 0.310 e. The lowest BCUT2D eigenvalue weighted by molar-refractivity contribution is -0.176. The maximum absolute atomic E-state index is 13.0. The quantitative estimate of drug-likeness (QED) is 0.644. The molecule has 0 aromatic carbocycles. The molecule has 2 nitrogen and oxygen atoms in total. The molecule has 3 rings (SSSR count). The lowest BCUT2D eigenvalue weighted by Gasteiger charge is -2.41. The summed E-state index contributed by atoms with van der Waals surface area (Å²) in [5, 5.41) is 0. The van der Waals surface area contributed by atoms with Crippen molar-refractivity contribution < 1.29 is 9.53 Å². The van der Waals surface area contributed by atoms with E-state index in [1.165, 1.54) is 25.7 Å². The van der Waals surface area contributed by atoms with Gasteiger partial charge in [-0.3, -0.25) is 4.79 Å². The predicted octanol–water partition coefficient (Wildman–Crippen LogP) is 5.45. The van der Waals surface area contributed by atoms with E-state index in [1.807, 2.05) is 0 Å². The average molecular weight is 321 g/mol. The molecule has 0 saturated heterocycles. The fourth-order valence-corrected chi connectivity index (χ4v) is 6.08. The van der Waals surface area contributed by atoms with Crippen molar-refractivity contribution in [3.05, 3.63) is 0 Å². The first-order chi connectivity index (χ1) is 10.6. The summed E-state index contributed by atoms with van der Waals surface area (Å²) in [6.07, 6.45) is 7.54. The van der Waals surface area contributed by atoms with Crippen LogP contribution in [0, 0.1) is 40.9 Å². The van der Waals surface area contributed by atoms with Crippen LogP contribution in [-0.2, 0) is 9.53 Å². The van der Waals surface area contributed by atoms with Gasteiger partial charge in [-0.1, -0.05) is 41.0 Å². The number of rotatable bonds is 4. The molecule has 0 radical (unpaired) electrons. The highest BCUT2D eigenvalue weighted by molar-refractivity contribution is 5.74. The highest BCUT2D eigenvalue weighted by Crippen LogP contribution is 2.63. The van der Waals surface area contributed by atoms with E-state index in [0.717, 1.165) is 30.6 Å². The lowest BCUT2D eigenvalue weighted by atomic mass is 9.73. The van der Waals surface area contributed by atoms with Crippen LogP contribution in [0.4, 0.5) is 0 Å². The molecule has 0 heterocycles. The van der Waals surface area contributed by atoms with Crippen molar-refractivity contribution in [2.75, 3.05) is 0 Å². The Hall–Kier alpha value is -0.530. The molecular formula is C21H36O2. The molecule has 0 amide bonds. The van der Waals surface area contributed by atoms with Gasteiger partial charge >= 0.3 is 5.97 Å². The van der Waals surface area contributed by atoms with Crippen LogP contribution < -0.4 is 0 Å². The summed E-state index contributed by atoms with van der Waals surface area (Å²) in [5.74, 6) is 3.84. The SMILES string of the molecule is CC(C)C[C@H](C(=O)OC1(C)CC2CC1C1CCCC21)C(C)(C)C.